The Balaban J connectivity index is 2.91. The van der Waals surface area contributed by atoms with Crippen molar-refractivity contribution in [1.29, 1.82) is 0 Å². The molecule has 104 valence electrons. The van der Waals surface area contributed by atoms with Gasteiger partial charge in [-0.05, 0) is 24.6 Å². The molecule has 0 aliphatic heterocycles. The summed E-state index contributed by atoms with van der Waals surface area (Å²) >= 11 is 3.28. The summed E-state index contributed by atoms with van der Waals surface area (Å²) in [5, 5.41) is 11.5. The Kier molecular flexibility index (Phi) is 5.82. The zero-order chi connectivity index (χ0) is 14.4. The number of hydrogen-bond acceptors (Lipinski definition) is 3. The lowest BCUT2D eigenvalue weighted by Gasteiger charge is -2.15. The quantitative estimate of drug-likeness (QED) is 0.840. The van der Waals surface area contributed by atoms with Crippen LogP contribution in [0.4, 0.5) is 0 Å². The van der Waals surface area contributed by atoms with Crippen LogP contribution in [0, 0.1) is 0 Å². The lowest BCUT2D eigenvalue weighted by molar-refractivity contribution is -0.139. The Morgan fingerprint density at radius 1 is 1.47 bits per heavy atom. The van der Waals surface area contributed by atoms with Gasteiger partial charge in [0, 0.05) is 4.47 Å². The zero-order valence-electron chi connectivity index (χ0n) is 10.8. The molecule has 0 aromatic heterocycles. The van der Waals surface area contributed by atoms with E-state index >= 15 is 0 Å². The number of carboxylic acids is 1. The third-order valence-electron chi connectivity index (χ3n) is 2.59. The number of carbonyl (C=O) groups excluding carboxylic acids is 1. The molecule has 0 aliphatic rings. The van der Waals surface area contributed by atoms with Crippen LogP contribution in [0.3, 0.4) is 0 Å². The molecule has 0 spiro atoms. The van der Waals surface area contributed by atoms with Gasteiger partial charge >= 0.3 is 5.97 Å². The topological polar surface area (TPSA) is 75.6 Å². The molecule has 1 rings (SSSR count). The first-order valence-electron chi connectivity index (χ1n) is 5.86. The Hall–Kier alpha value is -1.56. The number of methoxy groups -OCH3 is 1. The monoisotopic (exact) mass is 329 g/mol. The molecule has 1 unspecified atom stereocenters. The molecule has 1 aromatic rings. The van der Waals surface area contributed by atoms with Crippen molar-refractivity contribution in [3.8, 4) is 5.75 Å². The molecule has 0 aliphatic carbocycles. The lowest BCUT2D eigenvalue weighted by Crippen LogP contribution is -2.40. The van der Waals surface area contributed by atoms with Crippen molar-refractivity contribution in [3.63, 3.8) is 0 Å². The lowest BCUT2D eigenvalue weighted by atomic mass is 10.1. The maximum atomic E-state index is 12.1. The molecule has 1 amide bonds. The molecule has 0 radical (unpaired) electrons. The zero-order valence-corrected chi connectivity index (χ0v) is 12.4. The fourth-order valence-corrected chi connectivity index (χ4v) is 1.97. The molecule has 0 fully saturated rings. The van der Waals surface area contributed by atoms with Crippen molar-refractivity contribution in [2.24, 2.45) is 0 Å². The highest BCUT2D eigenvalue weighted by molar-refractivity contribution is 9.10. The van der Waals surface area contributed by atoms with Crippen LogP contribution in [-0.2, 0) is 4.79 Å². The molecular formula is C13H16BrNO4. The Bertz CT molecular complexity index is 476. The first-order valence-corrected chi connectivity index (χ1v) is 6.66. The van der Waals surface area contributed by atoms with Crippen molar-refractivity contribution in [2.75, 3.05) is 7.11 Å². The molecule has 1 atom stereocenters. The van der Waals surface area contributed by atoms with Crippen LogP contribution in [0.5, 0.6) is 5.75 Å². The minimum absolute atomic E-state index is 0.313. The van der Waals surface area contributed by atoms with Gasteiger partial charge in [0.25, 0.3) is 5.91 Å². The predicted octanol–water partition coefficient (Wildman–Crippen LogP) is 2.44. The van der Waals surface area contributed by atoms with Crippen LogP contribution < -0.4 is 10.1 Å². The first-order chi connectivity index (χ1) is 8.99. The summed E-state index contributed by atoms with van der Waals surface area (Å²) in [6.45, 7) is 1.86. The van der Waals surface area contributed by atoms with E-state index in [1.807, 2.05) is 6.92 Å². The number of rotatable bonds is 6. The van der Waals surface area contributed by atoms with Crippen molar-refractivity contribution in [1.82, 2.24) is 5.32 Å². The smallest absolute Gasteiger partial charge is 0.326 e. The van der Waals surface area contributed by atoms with Gasteiger partial charge in [0.05, 0.1) is 12.7 Å². The number of halogens is 1. The van der Waals surface area contributed by atoms with Crippen LogP contribution in [0.2, 0.25) is 0 Å². The third kappa shape index (κ3) is 4.24. The first kappa shape index (κ1) is 15.5. The second-order valence-corrected chi connectivity index (χ2v) is 4.91. The van der Waals surface area contributed by atoms with E-state index in [-0.39, 0.29) is 0 Å². The highest BCUT2D eigenvalue weighted by Gasteiger charge is 2.21. The SMILES string of the molecule is CCCC(NC(=O)c1ccc(Br)cc1OC)C(=O)O. The molecule has 5 nitrogen and oxygen atoms in total. The van der Waals surface area contributed by atoms with Crippen LogP contribution in [0.15, 0.2) is 22.7 Å². The molecule has 0 bridgehead atoms. The van der Waals surface area contributed by atoms with E-state index in [1.54, 1.807) is 18.2 Å². The van der Waals surface area contributed by atoms with Crippen molar-refractivity contribution in [2.45, 2.75) is 25.8 Å². The van der Waals surface area contributed by atoms with E-state index in [0.717, 1.165) is 4.47 Å². The highest BCUT2D eigenvalue weighted by Crippen LogP contribution is 2.23. The third-order valence-corrected chi connectivity index (χ3v) is 3.08. The maximum absolute atomic E-state index is 12.1. The summed E-state index contributed by atoms with van der Waals surface area (Å²) in [6, 6.07) is 4.06. The molecular weight excluding hydrogens is 314 g/mol. The average molecular weight is 330 g/mol. The fraction of sp³-hybridized carbons (Fsp3) is 0.385. The van der Waals surface area contributed by atoms with Gasteiger partial charge in [-0.25, -0.2) is 4.79 Å². The number of carboxylic acid groups (broad SMARTS) is 1. The highest BCUT2D eigenvalue weighted by atomic mass is 79.9. The van der Waals surface area contributed by atoms with Gasteiger partial charge in [-0.1, -0.05) is 29.3 Å². The summed E-state index contributed by atoms with van der Waals surface area (Å²) in [5.74, 6) is -1.09. The van der Waals surface area contributed by atoms with E-state index in [2.05, 4.69) is 21.2 Å². The van der Waals surface area contributed by atoms with E-state index in [9.17, 15) is 9.59 Å². The number of nitrogens with one attached hydrogen (secondary N) is 1. The summed E-state index contributed by atoms with van der Waals surface area (Å²) in [7, 11) is 1.46. The number of benzene rings is 1. The van der Waals surface area contributed by atoms with E-state index in [4.69, 9.17) is 9.84 Å². The average Bonchev–Trinajstić information content (AvgIpc) is 2.37. The second-order valence-electron chi connectivity index (χ2n) is 4.00. The van der Waals surface area contributed by atoms with Gasteiger partial charge in [-0.2, -0.15) is 0 Å². The maximum Gasteiger partial charge on any atom is 0.326 e. The standard InChI is InChI=1S/C13H16BrNO4/c1-3-4-10(13(17)18)15-12(16)9-6-5-8(14)7-11(9)19-2/h5-7,10H,3-4H2,1-2H3,(H,15,16)(H,17,18). The summed E-state index contributed by atoms with van der Waals surface area (Å²) in [5.41, 5.74) is 0.313. The summed E-state index contributed by atoms with van der Waals surface area (Å²) in [4.78, 5) is 23.1. The molecule has 0 saturated carbocycles. The van der Waals surface area contributed by atoms with Crippen LogP contribution in [-0.4, -0.2) is 30.1 Å². The Morgan fingerprint density at radius 3 is 2.68 bits per heavy atom. The molecule has 2 N–H and O–H groups in total. The number of amides is 1. The van der Waals surface area contributed by atoms with Crippen LogP contribution in [0.1, 0.15) is 30.1 Å². The summed E-state index contributed by atoms with van der Waals surface area (Å²) in [6.07, 6.45) is 1.06. The van der Waals surface area contributed by atoms with E-state index < -0.39 is 17.9 Å². The largest absolute Gasteiger partial charge is 0.496 e. The fourth-order valence-electron chi connectivity index (χ4n) is 1.63. The van der Waals surface area contributed by atoms with E-state index in [1.165, 1.54) is 7.11 Å². The minimum Gasteiger partial charge on any atom is -0.496 e. The molecule has 0 heterocycles. The number of ether oxygens (including phenoxy) is 1. The van der Waals surface area contributed by atoms with Gasteiger partial charge in [-0.3, -0.25) is 4.79 Å². The summed E-state index contributed by atoms with van der Waals surface area (Å²) < 4.78 is 5.89. The Labute approximate surface area is 120 Å². The number of carbonyl (C=O) groups is 2. The van der Waals surface area contributed by atoms with Crippen molar-refractivity contribution in [3.05, 3.63) is 28.2 Å². The second kappa shape index (κ2) is 7.13. The Morgan fingerprint density at radius 2 is 2.16 bits per heavy atom. The normalized spacial score (nSPS) is 11.7. The molecule has 6 heteroatoms. The number of aliphatic carboxylic acids is 1. The van der Waals surface area contributed by atoms with Gasteiger partial charge < -0.3 is 15.2 Å². The van der Waals surface area contributed by atoms with Crippen molar-refractivity contribution >= 4 is 27.8 Å². The van der Waals surface area contributed by atoms with Crippen LogP contribution >= 0.6 is 15.9 Å². The van der Waals surface area contributed by atoms with Gasteiger partial charge in [-0.15, -0.1) is 0 Å². The van der Waals surface area contributed by atoms with Crippen molar-refractivity contribution < 1.29 is 19.4 Å². The molecule has 19 heavy (non-hydrogen) atoms. The minimum atomic E-state index is -1.04. The molecule has 1 aromatic carbocycles. The van der Waals surface area contributed by atoms with Crippen LogP contribution in [0.25, 0.3) is 0 Å². The van der Waals surface area contributed by atoms with Gasteiger partial charge in [0.15, 0.2) is 0 Å². The van der Waals surface area contributed by atoms with Gasteiger partial charge in [0.2, 0.25) is 0 Å². The van der Waals surface area contributed by atoms with Gasteiger partial charge in [0.1, 0.15) is 11.8 Å². The van der Waals surface area contributed by atoms with E-state index in [0.29, 0.717) is 24.2 Å². The number of hydrogen-bond donors (Lipinski definition) is 2. The predicted molar refractivity (Wildman–Crippen MR) is 74.5 cm³/mol. The molecule has 0 saturated heterocycles.